The minimum atomic E-state index is 0.255. The molecule has 0 saturated carbocycles. The predicted molar refractivity (Wildman–Crippen MR) is 67.8 cm³/mol. The van der Waals surface area contributed by atoms with Crippen LogP contribution in [0.3, 0.4) is 0 Å². The van der Waals surface area contributed by atoms with E-state index in [0.717, 1.165) is 6.54 Å². The van der Waals surface area contributed by atoms with E-state index in [1.54, 1.807) is 11.3 Å². The maximum absolute atomic E-state index is 3.58. The molecule has 0 aliphatic rings. The normalized spacial score (nSPS) is 12.0. The lowest BCUT2D eigenvalue weighted by atomic mass is 9.99. The maximum Gasteiger partial charge on any atom is 0.0305 e. The van der Waals surface area contributed by atoms with Crippen molar-refractivity contribution < 1.29 is 0 Å². The molecule has 0 amide bonds. The van der Waals surface area contributed by atoms with Crippen molar-refractivity contribution in [2.45, 2.75) is 45.7 Å². The third kappa shape index (κ3) is 4.11. The van der Waals surface area contributed by atoms with E-state index in [1.807, 2.05) is 0 Å². The molecule has 14 heavy (non-hydrogen) atoms. The van der Waals surface area contributed by atoms with Gasteiger partial charge in [0.05, 0.1) is 0 Å². The SMILES string of the molecule is CCCC(C)(C)NCc1cc(Br)cs1. The van der Waals surface area contributed by atoms with Crippen LogP contribution in [0.4, 0.5) is 0 Å². The minimum absolute atomic E-state index is 0.255. The minimum Gasteiger partial charge on any atom is -0.307 e. The Kier molecular flexibility index (Phi) is 4.61. The molecule has 1 aromatic rings. The Hall–Kier alpha value is 0.140. The van der Waals surface area contributed by atoms with E-state index in [2.05, 4.69) is 53.5 Å². The molecule has 0 bridgehead atoms. The molecule has 0 radical (unpaired) electrons. The van der Waals surface area contributed by atoms with E-state index < -0.39 is 0 Å². The van der Waals surface area contributed by atoms with Gasteiger partial charge in [0.25, 0.3) is 0 Å². The summed E-state index contributed by atoms with van der Waals surface area (Å²) in [5.74, 6) is 0. The first-order valence-electron chi connectivity index (χ1n) is 5.01. The van der Waals surface area contributed by atoms with Crippen LogP contribution in [-0.4, -0.2) is 5.54 Å². The zero-order chi connectivity index (χ0) is 10.6. The summed E-state index contributed by atoms with van der Waals surface area (Å²) < 4.78 is 1.19. The van der Waals surface area contributed by atoms with Gasteiger partial charge in [0, 0.05) is 26.8 Å². The Morgan fingerprint density at radius 3 is 2.71 bits per heavy atom. The van der Waals surface area contributed by atoms with Crippen molar-refractivity contribution in [1.82, 2.24) is 5.32 Å². The molecule has 0 spiro atoms. The smallest absolute Gasteiger partial charge is 0.0305 e. The Morgan fingerprint density at radius 2 is 2.21 bits per heavy atom. The largest absolute Gasteiger partial charge is 0.307 e. The van der Waals surface area contributed by atoms with Crippen LogP contribution in [0.5, 0.6) is 0 Å². The predicted octanol–water partition coefficient (Wildman–Crippen LogP) is 4.18. The second-order valence-corrected chi connectivity index (χ2v) is 6.13. The second-order valence-electron chi connectivity index (χ2n) is 4.22. The van der Waals surface area contributed by atoms with Gasteiger partial charge in [0.15, 0.2) is 0 Å². The average molecular weight is 276 g/mol. The summed E-state index contributed by atoms with van der Waals surface area (Å²) in [5.41, 5.74) is 0.255. The number of nitrogens with one attached hydrogen (secondary N) is 1. The van der Waals surface area contributed by atoms with Crippen molar-refractivity contribution in [3.8, 4) is 0 Å². The third-order valence-corrected chi connectivity index (χ3v) is 3.94. The molecule has 1 N–H and O–H groups in total. The van der Waals surface area contributed by atoms with Gasteiger partial charge < -0.3 is 5.32 Å². The van der Waals surface area contributed by atoms with Crippen LogP contribution in [0, 0.1) is 0 Å². The monoisotopic (exact) mass is 275 g/mol. The fourth-order valence-electron chi connectivity index (χ4n) is 1.49. The number of halogens is 1. The highest BCUT2D eigenvalue weighted by Gasteiger charge is 2.15. The van der Waals surface area contributed by atoms with Crippen LogP contribution in [0.2, 0.25) is 0 Å². The van der Waals surface area contributed by atoms with E-state index in [9.17, 15) is 0 Å². The van der Waals surface area contributed by atoms with Crippen LogP contribution in [0.15, 0.2) is 15.9 Å². The van der Waals surface area contributed by atoms with Gasteiger partial charge in [-0.2, -0.15) is 0 Å². The molecular formula is C11H18BrNS. The van der Waals surface area contributed by atoms with Crippen molar-refractivity contribution in [1.29, 1.82) is 0 Å². The number of thiophene rings is 1. The van der Waals surface area contributed by atoms with E-state index in [-0.39, 0.29) is 5.54 Å². The molecule has 1 rings (SSSR count). The second kappa shape index (κ2) is 5.29. The quantitative estimate of drug-likeness (QED) is 0.850. The molecule has 3 heteroatoms. The summed E-state index contributed by atoms with van der Waals surface area (Å²) in [6, 6.07) is 2.18. The van der Waals surface area contributed by atoms with Crippen LogP contribution < -0.4 is 5.32 Å². The molecule has 1 heterocycles. The highest BCUT2D eigenvalue weighted by Crippen LogP contribution is 2.20. The highest BCUT2D eigenvalue weighted by atomic mass is 79.9. The Morgan fingerprint density at radius 1 is 1.50 bits per heavy atom. The van der Waals surface area contributed by atoms with Crippen LogP contribution in [0.25, 0.3) is 0 Å². The van der Waals surface area contributed by atoms with Crippen molar-refractivity contribution in [3.63, 3.8) is 0 Å². The van der Waals surface area contributed by atoms with Crippen LogP contribution in [-0.2, 0) is 6.54 Å². The van der Waals surface area contributed by atoms with Crippen molar-refractivity contribution in [2.75, 3.05) is 0 Å². The molecular weight excluding hydrogens is 258 g/mol. The summed E-state index contributed by atoms with van der Waals surface area (Å²) in [4.78, 5) is 1.39. The molecule has 0 aliphatic heterocycles. The summed E-state index contributed by atoms with van der Waals surface area (Å²) in [7, 11) is 0. The Labute approximate surface area is 99.0 Å². The van der Waals surface area contributed by atoms with Gasteiger partial charge in [0.2, 0.25) is 0 Å². The number of hydrogen-bond acceptors (Lipinski definition) is 2. The van der Waals surface area contributed by atoms with Crippen molar-refractivity contribution in [2.24, 2.45) is 0 Å². The zero-order valence-corrected chi connectivity index (χ0v) is 11.5. The molecule has 0 aliphatic carbocycles. The van der Waals surface area contributed by atoms with E-state index in [0.29, 0.717) is 0 Å². The average Bonchev–Trinajstić information content (AvgIpc) is 2.48. The maximum atomic E-state index is 3.58. The molecule has 0 fully saturated rings. The summed E-state index contributed by atoms with van der Waals surface area (Å²) in [5, 5.41) is 5.71. The molecule has 80 valence electrons. The summed E-state index contributed by atoms with van der Waals surface area (Å²) >= 11 is 5.26. The Bertz CT molecular complexity index is 281. The number of rotatable bonds is 5. The lowest BCUT2D eigenvalue weighted by Crippen LogP contribution is -2.38. The van der Waals surface area contributed by atoms with Crippen molar-refractivity contribution >= 4 is 27.3 Å². The molecule has 0 saturated heterocycles. The van der Waals surface area contributed by atoms with Gasteiger partial charge in [-0.25, -0.2) is 0 Å². The molecule has 0 atom stereocenters. The summed E-state index contributed by atoms with van der Waals surface area (Å²) in [6.07, 6.45) is 2.45. The highest BCUT2D eigenvalue weighted by molar-refractivity contribution is 9.10. The standard InChI is InChI=1S/C11H18BrNS/c1-4-5-11(2,3)13-7-10-6-9(12)8-14-10/h6,8,13H,4-5,7H2,1-3H3. The van der Waals surface area contributed by atoms with Gasteiger partial charge in [-0.05, 0) is 42.3 Å². The van der Waals surface area contributed by atoms with Gasteiger partial charge in [0.1, 0.15) is 0 Å². The topological polar surface area (TPSA) is 12.0 Å². The lowest BCUT2D eigenvalue weighted by Gasteiger charge is -2.25. The molecule has 1 aromatic heterocycles. The van der Waals surface area contributed by atoms with Gasteiger partial charge in [-0.15, -0.1) is 11.3 Å². The van der Waals surface area contributed by atoms with E-state index in [4.69, 9.17) is 0 Å². The van der Waals surface area contributed by atoms with Crippen LogP contribution in [0.1, 0.15) is 38.5 Å². The van der Waals surface area contributed by atoms with Gasteiger partial charge in [-0.1, -0.05) is 13.3 Å². The first-order chi connectivity index (χ1) is 6.53. The van der Waals surface area contributed by atoms with Crippen LogP contribution >= 0.6 is 27.3 Å². The van der Waals surface area contributed by atoms with E-state index >= 15 is 0 Å². The van der Waals surface area contributed by atoms with Gasteiger partial charge in [-0.3, -0.25) is 0 Å². The Balaban J connectivity index is 2.40. The molecule has 1 nitrogen and oxygen atoms in total. The van der Waals surface area contributed by atoms with E-state index in [1.165, 1.54) is 22.2 Å². The zero-order valence-electron chi connectivity index (χ0n) is 9.06. The fraction of sp³-hybridized carbons (Fsp3) is 0.636. The molecule has 0 unspecified atom stereocenters. The molecule has 0 aromatic carbocycles. The van der Waals surface area contributed by atoms with Crippen molar-refractivity contribution in [3.05, 3.63) is 20.8 Å². The number of hydrogen-bond donors (Lipinski definition) is 1. The third-order valence-electron chi connectivity index (χ3n) is 2.24. The lowest BCUT2D eigenvalue weighted by molar-refractivity contribution is 0.358. The fourth-order valence-corrected chi connectivity index (χ4v) is 2.88. The summed E-state index contributed by atoms with van der Waals surface area (Å²) in [6.45, 7) is 7.73. The first-order valence-corrected chi connectivity index (χ1v) is 6.69. The first kappa shape index (κ1) is 12.2. The van der Waals surface area contributed by atoms with Gasteiger partial charge >= 0.3 is 0 Å².